The van der Waals surface area contributed by atoms with Gasteiger partial charge in [0, 0.05) is 32.2 Å². The van der Waals surface area contributed by atoms with Gasteiger partial charge in [0.2, 0.25) is 0 Å². The van der Waals surface area contributed by atoms with Crippen molar-refractivity contribution in [3.63, 3.8) is 0 Å². The Morgan fingerprint density at radius 3 is 2.21 bits per heavy atom. The molecule has 0 bridgehead atoms. The maximum Gasteiger partial charge on any atom is 0.139 e. The van der Waals surface area contributed by atoms with Crippen LogP contribution in [0.15, 0.2) is 66.7 Å². The van der Waals surface area contributed by atoms with E-state index in [1.165, 1.54) is 22.3 Å². The third-order valence-electron chi connectivity index (χ3n) is 9.07. The Hall–Kier alpha value is -2.77. The van der Waals surface area contributed by atoms with Gasteiger partial charge >= 0.3 is 0 Å². The first-order valence-electron chi connectivity index (χ1n) is 14.5. The molecule has 5 nitrogen and oxygen atoms in total. The molecule has 1 aromatic heterocycles. The maximum atomic E-state index is 11.5. The highest BCUT2D eigenvalue weighted by Crippen LogP contribution is 2.38. The predicted octanol–water partition coefficient (Wildman–Crippen LogP) is 5.77. The largest absolute Gasteiger partial charge is 0.486 e. The monoisotopic (exact) mass is 539 g/mol. The number of nitrogens with zero attached hydrogens (tertiary/aromatic N) is 3. The molecule has 3 atom stereocenters. The van der Waals surface area contributed by atoms with Crippen LogP contribution in [0.25, 0.3) is 10.2 Å². The first-order chi connectivity index (χ1) is 19.2. The van der Waals surface area contributed by atoms with Gasteiger partial charge in [0.1, 0.15) is 18.0 Å². The van der Waals surface area contributed by atoms with Crippen LogP contribution in [0.4, 0.5) is 0 Å². The third-order valence-corrected chi connectivity index (χ3v) is 10.1. The van der Waals surface area contributed by atoms with Crippen LogP contribution >= 0.6 is 11.3 Å². The highest BCUT2D eigenvalue weighted by atomic mass is 32.1. The molecule has 3 aliphatic rings. The van der Waals surface area contributed by atoms with Gasteiger partial charge in [-0.25, -0.2) is 4.98 Å². The van der Waals surface area contributed by atoms with Crippen LogP contribution in [-0.4, -0.2) is 64.3 Å². The van der Waals surface area contributed by atoms with Crippen molar-refractivity contribution in [1.29, 1.82) is 0 Å². The number of aliphatic hydroxyl groups excluding tert-OH is 1. The highest BCUT2D eigenvalue weighted by Gasteiger charge is 2.39. The number of aromatic nitrogens is 1. The molecule has 3 unspecified atom stereocenters. The normalized spacial score (nSPS) is 24.7. The number of rotatable bonds is 4. The quantitative estimate of drug-likeness (QED) is 0.357. The summed E-state index contributed by atoms with van der Waals surface area (Å²) in [6.45, 7) is 5.98. The maximum absolute atomic E-state index is 11.5. The fourth-order valence-electron chi connectivity index (χ4n) is 7.15. The minimum Gasteiger partial charge on any atom is -0.486 e. The molecule has 2 aliphatic carbocycles. The summed E-state index contributed by atoms with van der Waals surface area (Å²) < 4.78 is 7.59. The number of hydrogen-bond donors (Lipinski definition) is 1. The fourth-order valence-corrected chi connectivity index (χ4v) is 8.02. The van der Waals surface area contributed by atoms with Crippen LogP contribution in [-0.2, 0) is 12.8 Å². The van der Waals surface area contributed by atoms with Crippen molar-refractivity contribution < 1.29 is 9.84 Å². The number of fused-ring (bicyclic) bond motifs is 3. The van der Waals surface area contributed by atoms with E-state index in [9.17, 15) is 5.11 Å². The summed E-state index contributed by atoms with van der Waals surface area (Å²) in [5, 5.41) is 12.6. The molecule has 6 heteroatoms. The summed E-state index contributed by atoms with van der Waals surface area (Å²) >= 11 is 1.67. The van der Waals surface area contributed by atoms with Gasteiger partial charge < -0.3 is 9.84 Å². The Morgan fingerprint density at radius 2 is 1.49 bits per heavy atom. The molecule has 1 saturated heterocycles. The lowest BCUT2D eigenvalue weighted by molar-refractivity contribution is -0.0645. The summed E-state index contributed by atoms with van der Waals surface area (Å²) in [6.07, 6.45) is 4.53. The molecule has 0 spiro atoms. The summed E-state index contributed by atoms with van der Waals surface area (Å²) in [5.74, 6) is 0.860. The second-order valence-corrected chi connectivity index (χ2v) is 12.6. The number of hydrogen-bond acceptors (Lipinski definition) is 6. The van der Waals surface area contributed by atoms with Crippen LogP contribution < -0.4 is 4.74 Å². The Kier molecular flexibility index (Phi) is 6.89. The molecule has 1 N–H and O–H groups in total. The third kappa shape index (κ3) is 4.78. The van der Waals surface area contributed by atoms with Crippen molar-refractivity contribution in [3.8, 4) is 5.75 Å². The Labute approximate surface area is 235 Å². The summed E-state index contributed by atoms with van der Waals surface area (Å²) in [7, 11) is 0. The van der Waals surface area contributed by atoms with Gasteiger partial charge in [-0.15, -0.1) is 11.3 Å². The zero-order valence-corrected chi connectivity index (χ0v) is 23.4. The van der Waals surface area contributed by atoms with E-state index in [4.69, 9.17) is 4.74 Å². The van der Waals surface area contributed by atoms with E-state index in [1.54, 1.807) is 11.3 Å². The van der Waals surface area contributed by atoms with Crippen molar-refractivity contribution in [2.75, 3.05) is 26.2 Å². The SMILES string of the molecule is Cc1nc2cccc(OC3CCCC(N4CCN(C5c6ccccc6CCc6ccccc65)CC4)C3O)c2s1. The standard InChI is InChI=1S/C33H37N3O2S/c1-22-34-27-12-6-15-30(33(27)39-22)38-29-14-7-13-28(32(29)37)35-18-20-36(21-19-35)31-25-10-4-2-8-23(25)16-17-24-9-3-5-11-26(24)31/h2-6,8-12,15,28-29,31-32,37H,7,13-14,16-21H2,1H3. The van der Waals surface area contributed by atoms with Gasteiger partial charge in [0.05, 0.1) is 21.3 Å². The van der Waals surface area contributed by atoms with Gasteiger partial charge in [-0.1, -0.05) is 54.6 Å². The van der Waals surface area contributed by atoms with Gasteiger partial charge in [0.15, 0.2) is 0 Å². The molecule has 2 heterocycles. The van der Waals surface area contributed by atoms with E-state index in [2.05, 4.69) is 63.3 Å². The molecular formula is C33H37N3O2S. The Bertz CT molecular complexity index is 1410. The summed E-state index contributed by atoms with van der Waals surface area (Å²) in [5.41, 5.74) is 6.88. The number of ether oxygens (including phenoxy) is 1. The zero-order chi connectivity index (χ0) is 26.3. The molecule has 39 heavy (non-hydrogen) atoms. The van der Waals surface area contributed by atoms with E-state index in [0.29, 0.717) is 6.04 Å². The van der Waals surface area contributed by atoms with Crippen LogP contribution in [0.5, 0.6) is 5.75 Å². The smallest absolute Gasteiger partial charge is 0.139 e. The molecule has 3 aromatic carbocycles. The summed E-state index contributed by atoms with van der Waals surface area (Å²) in [6, 6.07) is 24.6. The Balaban J connectivity index is 1.07. The first-order valence-corrected chi connectivity index (χ1v) is 15.3. The molecule has 7 rings (SSSR count). The first kappa shape index (κ1) is 25.2. The van der Waals surface area contributed by atoms with Gasteiger partial charge in [-0.2, -0.15) is 0 Å². The minimum atomic E-state index is -0.492. The van der Waals surface area contributed by atoms with E-state index in [-0.39, 0.29) is 12.1 Å². The lowest BCUT2D eigenvalue weighted by Gasteiger charge is -2.46. The predicted molar refractivity (Wildman–Crippen MR) is 158 cm³/mol. The second kappa shape index (κ2) is 10.7. The van der Waals surface area contributed by atoms with Crippen LogP contribution in [0.3, 0.4) is 0 Å². The number of aliphatic hydroxyl groups is 1. The molecule has 4 aromatic rings. The number of aryl methyl sites for hydroxylation is 3. The van der Waals surface area contributed by atoms with Crippen molar-refractivity contribution in [3.05, 3.63) is 94.0 Å². The van der Waals surface area contributed by atoms with Crippen LogP contribution in [0, 0.1) is 6.92 Å². The topological polar surface area (TPSA) is 48.8 Å². The molecule has 0 amide bonds. The molecule has 202 valence electrons. The van der Waals surface area contributed by atoms with Crippen molar-refractivity contribution in [2.45, 2.75) is 63.3 Å². The van der Waals surface area contributed by atoms with Gasteiger partial charge in [-0.3, -0.25) is 9.80 Å². The summed E-state index contributed by atoms with van der Waals surface area (Å²) in [4.78, 5) is 9.82. The number of benzene rings is 3. The lowest BCUT2D eigenvalue weighted by atomic mass is 9.88. The zero-order valence-electron chi connectivity index (χ0n) is 22.6. The van der Waals surface area contributed by atoms with E-state index in [1.807, 2.05) is 25.1 Å². The highest BCUT2D eigenvalue weighted by molar-refractivity contribution is 7.18. The van der Waals surface area contributed by atoms with Crippen molar-refractivity contribution >= 4 is 21.6 Å². The van der Waals surface area contributed by atoms with E-state index < -0.39 is 6.10 Å². The Morgan fingerprint density at radius 1 is 0.821 bits per heavy atom. The van der Waals surface area contributed by atoms with Crippen LogP contribution in [0.1, 0.15) is 52.6 Å². The van der Waals surface area contributed by atoms with Crippen molar-refractivity contribution in [2.24, 2.45) is 0 Å². The molecule has 1 saturated carbocycles. The lowest BCUT2D eigenvalue weighted by Crippen LogP contribution is -2.58. The van der Waals surface area contributed by atoms with Crippen LogP contribution in [0.2, 0.25) is 0 Å². The van der Waals surface area contributed by atoms with E-state index in [0.717, 1.165) is 79.3 Å². The second-order valence-electron chi connectivity index (χ2n) is 11.4. The molecular weight excluding hydrogens is 502 g/mol. The van der Waals surface area contributed by atoms with Gasteiger partial charge in [-0.05, 0) is 73.4 Å². The number of piperazine rings is 1. The number of thiazole rings is 1. The van der Waals surface area contributed by atoms with E-state index >= 15 is 0 Å². The molecule has 2 fully saturated rings. The fraction of sp³-hybridized carbons (Fsp3) is 0.424. The molecule has 0 radical (unpaired) electrons. The van der Waals surface area contributed by atoms with Gasteiger partial charge in [0.25, 0.3) is 0 Å². The molecule has 1 aliphatic heterocycles. The average Bonchev–Trinajstić information content (AvgIpc) is 3.27. The van der Waals surface area contributed by atoms with Crippen molar-refractivity contribution in [1.82, 2.24) is 14.8 Å². The minimum absolute atomic E-state index is 0.141. The average molecular weight is 540 g/mol.